The number of amides is 2. The van der Waals surface area contributed by atoms with E-state index >= 15 is 0 Å². The van der Waals surface area contributed by atoms with Gasteiger partial charge in [-0.25, -0.2) is 39.3 Å². The maximum atomic E-state index is 13.6. The summed E-state index contributed by atoms with van der Waals surface area (Å²) in [7, 11) is 2.98. The molecular weight excluding hydrogens is 1150 g/mol. The molecule has 2 amide bonds. The molecule has 4 aromatic carbocycles. The monoisotopic (exact) mass is 1210 g/mol. The molecule has 10 heterocycles. The number of benzene rings is 4. The summed E-state index contributed by atoms with van der Waals surface area (Å²) >= 11 is 12.6. The molecule has 0 bridgehead atoms. The third-order valence-corrected chi connectivity index (χ3v) is 15.6. The first-order valence-corrected chi connectivity index (χ1v) is 28.0. The third kappa shape index (κ3) is 10.7. The zero-order chi connectivity index (χ0) is 59.3. The number of carbonyl (C=O) groups is 4. The molecule has 10 aromatic rings. The number of aliphatic imine (C=N–C) groups is 2. The maximum absolute atomic E-state index is 13.6. The van der Waals surface area contributed by atoms with Crippen molar-refractivity contribution in [1.82, 2.24) is 69.1 Å². The lowest BCUT2D eigenvalue weighted by atomic mass is 10.1. The number of fused-ring (bicyclic) bond motifs is 6. The summed E-state index contributed by atoms with van der Waals surface area (Å²) in [4.78, 5) is 95.0. The zero-order valence-electron chi connectivity index (χ0n) is 46.6. The number of hydrogen-bond donors (Lipinski definition) is 3. The van der Waals surface area contributed by atoms with E-state index in [9.17, 15) is 19.2 Å². The molecule has 2 saturated heterocycles. The van der Waals surface area contributed by atoms with Crippen molar-refractivity contribution in [2.24, 2.45) is 9.98 Å². The first-order chi connectivity index (χ1) is 41.8. The van der Waals surface area contributed by atoms with Gasteiger partial charge in [0.15, 0.2) is 17.4 Å². The summed E-state index contributed by atoms with van der Waals surface area (Å²) in [5.74, 6) is 3.08. The number of pyridine rings is 2. The van der Waals surface area contributed by atoms with Gasteiger partial charge in [-0.3, -0.25) is 19.2 Å². The Labute approximate surface area is 507 Å². The Balaban J connectivity index is 0.000000168. The normalized spacial score (nSPS) is 14.3. The molecule has 0 spiro atoms. The molecule has 4 aliphatic heterocycles. The van der Waals surface area contributed by atoms with Crippen molar-refractivity contribution < 1.29 is 33.4 Å². The van der Waals surface area contributed by atoms with Gasteiger partial charge in [0.25, 0.3) is 23.4 Å². The maximum Gasteiger partial charge on any atom is 0.295 e. The molecule has 24 nitrogen and oxygen atoms in total. The van der Waals surface area contributed by atoms with Crippen LogP contribution in [0.25, 0.3) is 33.4 Å². The minimum Gasteiger partial charge on any atom is -0.494 e. The topological polar surface area (TPSA) is 264 Å². The fraction of sp³-hybridized carbons (Fsp3) is 0.213. The smallest absolute Gasteiger partial charge is 0.295 e. The van der Waals surface area contributed by atoms with Gasteiger partial charge in [-0.1, -0.05) is 54.9 Å². The van der Waals surface area contributed by atoms with E-state index in [0.717, 1.165) is 34.0 Å². The molecule has 6 aromatic heterocycles. The molecule has 0 unspecified atom stereocenters. The molecule has 0 radical (unpaired) electrons. The second kappa shape index (κ2) is 23.5. The average Bonchev–Trinajstić information content (AvgIpc) is 2.70. The van der Waals surface area contributed by atoms with Crippen molar-refractivity contribution in [2.75, 3.05) is 71.9 Å². The number of anilines is 2. The number of halogens is 2. The number of ketones is 2. The number of nitrogens with zero attached hydrogens (tertiary/aromatic N) is 14. The number of aryl methyl sites for hydroxylation is 2. The van der Waals surface area contributed by atoms with Gasteiger partial charge in [0, 0.05) is 86.0 Å². The van der Waals surface area contributed by atoms with Crippen LogP contribution in [0.2, 0.25) is 10.0 Å². The summed E-state index contributed by atoms with van der Waals surface area (Å²) in [6.07, 6.45) is 9.11. The highest BCUT2D eigenvalue weighted by Gasteiger charge is 2.35. The fourth-order valence-corrected chi connectivity index (χ4v) is 11.2. The van der Waals surface area contributed by atoms with Crippen LogP contribution in [0, 0.1) is 13.8 Å². The summed E-state index contributed by atoms with van der Waals surface area (Å²) < 4.78 is 20.2. The zero-order valence-corrected chi connectivity index (χ0v) is 48.1. The van der Waals surface area contributed by atoms with E-state index in [1.54, 1.807) is 29.7 Å². The van der Waals surface area contributed by atoms with Crippen molar-refractivity contribution in [3.05, 3.63) is 166 Å². The van der Waals surface area contributed by atoms with E-state index in [4.69, 9.17) is 47.4 Å². The van der Waals surface area contributed by atoms with Crippen molar-refractivity contribution in [3.8, 4) is 34.6 Å². The predicted octanol–water partition coefficient (Wildman–Crippen LogP) is 9.24. The number of aromatic amines is 2. The second-order valence-corrected chi connectivity index (χ2v) is 21.2. The highest BCUT2D eigenvalue weighted by Crippen LogP contribution is 2.41. The van der Waals surface area contributed by atoms with Crippen LogP contribution >= 0.6 is 23.2 Å². The highest BCUT2D eigenvalue weighted by molar-refractivity contribution is 6.46. The van der Waals surface area contributed by atoms with Crippen LogP contribution in [0.5, 0.6) is 23.0 Å². The van der Waals surface area contributed by atoms with Crippen LogP contribution < -0.4 is 19.5 Å². The van der Waals surface area contributed by atoms with Crippen molar-refractivity contribution in [2.45, 2.75) is 21.3 Å². The van der Waals surface area contributed by atoms with Crippen LogP contribution in [0.4, 0.5) is 22.7 Å². The van der Waals surface area contributed by atoms with Gasteiger partial charge in [0.05, 0.1) is 76.5 Å². The number of hydrogen-bond acceptors (Lipinski definition) is 18. The molecule has 440 valence electrons. The lowest BCUT2D eigenvalue weighted by Gasteiger charge is -2.36. The van der Waals surface area contributed by atoms with Crippen LogP contribution in [0.3, 0.4) is 0 Å². The molecule has 14 rings (SSSR count). The molecule has 3 N–H and O–H groups in total. The Bertz CT molecular complexity index is 4440. The summed E-state index contributed by atoms with van der Waals surface area (Å²) in [6.45, 7) is 6.81. The minimum atomic E-state index is -0.642. The van der Waals surface area contributed by atoms with E-state index in [1.807, 2.05) is 78.9 Å². The molecule has 4 aliphatic rings. The van der Waals surface area contributed by atoms with E-state index in [2.05, 4.69) is 55.2 Å². The molecule has 0 atom stereocenters. The first kappa shape index (κ1) is 57.0. The second-order valence-electron chi connectivity index (χ2n) is 20.3. The van der Waals surface area contributed by atoms with E-state index in [1.165, 1.54) is 61.0 Å². The van der Waals surface area contributed by atoms with Gasteiger partial charge in [-0.15, -0.1) is 0 Å². The lowest BCUT2D eigenvalue weighted by molar-refractivity contribution is -0.128. The Morgan fingerprint density at radius 2 is 1.06 bits per heavy atom. The van der Waals surface area contributed by atoms with Crippen molar-refractivity contribution in [3.63, 3.8) is 0 Å². The average molecular weight is 1210 g/mol. The number of methoxy groups -OCH3 is 2. The summed E-state index contributed by atoms with van der Waals surface area (Å²) in [6, 6.07) is 26.5. The lowest BCUT2D eigenvalue weighted by Crippen LogP contribution is -2.52. The van der Waals surface area contributed by atoms with Gasteiger partial charge in [-0.05, 0) is 74.5 Å². The van der Waals surface area contributed by atoms with Crippen LogP contribution in [0.15, 0.2) is 132 Å². The van der Waals surface area contributed by atoms with Crippen LogP contribution in [-0.2, 0) is 9.59 Å². The predicted molar refractivity (Wildman–Crippen MR) is 328 cm³/mol. The molecular formula is C61H55Cl2N17O7. The SMILES string of the molecule is C.COc1cnc(-n2cnc(C)n2)c2[nH]cc(C(=O)C(=O)N3CCN(C4=Nc5cc(Cl)ccc5Nc5ccccc54)CC3)c12.COc1cnc(-n2cnc(C)n2)c2[nH]cc(C(=O)C(=O)N3CCN(C4=Nc5ccccc5Oc5ccc(Cl)cc54)CC3)c12. The van der Waals surface area contributed by atoms with Gasteiger partial charge in [0.2, 0.25) is 0 Å². The summed E-state index contributed by atoms with van der Waals surface area (Å²) in [5, 5.41) is 14.2. The van der Waals surface area contributed by atoms with Crippen LogP contribution in [-0.4, -0.2) is 171 Å². The Morgan fingerprint density at radius 3 is 1.61 bits per heavy atom. The molecule has 26 heteroatoms. The summed E-state index contributed by atoms with van der Waals surface area (Å²) in [5.41, 5.74) is 6.36. The molecule has 2 fully saturated rings. The van der Waals surface area contributed by atoms with E-state index in [-0.39, 0.29) is 18.6 Å². The Kier molecular flexibility index (Phi) is 15.4. The van der Waals surface area contributed by atoms with Gasteiger partial charge < -0.3 is 49.1 Å². The van der Waals surface area contributed by atoms with Gasteiger partial charge >= 0.3 is 0 Å². The van der Waals surface area contributed by atoms with Crippen molar-refractivity contribution >= 4 is 103 Å². The Morgan fingerprint density at radius 1 is 0.552 bits per heavy atom. The number of amidine groups is 2. The number of aromatic nitrogens is 10. The molecule has 0 aliphatic carbocycles. The Hall–Kier alpha value is -10.5. The number of carbonyl (C=O) groups excluding carboxylic acids is 4. The minimum absolute atomic E-state index is 0. The number of ether oxygens (including phenoxy) is 3. The third-order valence-electron chi connectivity index (χ3n) is 15.1. The number of piperazine rings is 2. The van der Waals surface area contributed by atoms with Gasteiger partial charge in [-0.2, -0.15) is 10.2 Å². The number of para-hydroxylation sites is 3. The van der Waals surface area contributed by atoms with Crippen molar-refractivity contribution in [1.29, 1.82) is 0 Å². The number of H-pyrrole nitrogens is 2. The molecule has 0 saturated carbocycles. The number of Topliss-reactive ketones (excluding diaryl/α,β-unsaturated/α-hetero) is 2. The standard InChI is InChI=1S/C30H26ClN9O3.C30H25ClN8O4.CH4/c1-17-34-16-40(37-17)29-26-25(24(43-2)15-33-29)20(14-32-26)27(41)30(42)39-11-9-38(10-12-39)28-19-5-3-4-6-21(19)35-22-8-7-18(31)13-23(22)36-28;1-17-34-16-39(36-17)29-26-25(24(42-2)15-33-29)20(14-32-26)27(40)30(41)38-11-9-37(10-12-38)28-19-13-18(31)7-8-22(19)43-23-6-4-3-5-21(23)35-28;/h3-8,13-16,32,35H,9-12H2,1-2H3;3-8,13-16,32H,9-12H2,1-2H3;1H4. The van der Waals surface area contributed by atoms with E-state index < -0.39 is 23.4 Å². The quantitative estimate of drug-likeness (QED) is 0.0945. The van der Waals surface area contributed by atoms with E-state index in [0.29, 0.717) is 142 Å². The fourth-order valence-electron chi connectivity index (χ4n) is 10.9. The highest BCUT2D eigenvalue weighted by atomic mass is 35.5. The largest absolute Gasteiger partial charge is 0.494 e. The number of nitrogens with one attached hydrogen (secondary N) is 3. The van der Waals surface area contributed by atoms with Gasteiger partial charge in [0.1, 0.15) is 58.9 Å². The first-order valence-electron chi connectivity index (χ1n) is 27.2. The van der Waals surface area contributed by atoms with Crippen LogP contribution in [0.1, 0.15) is 50.9 Å². The number of rotatable bonds is 8. The molecule has 87 heavy (non-hydrogen) atoms.